The highest BCUT2D eigenvalue weighted by Crippen LogP contribution is 2.27. The Morgan fingerprint density at radius 1 is 1.11 bits per heavy atom. The van der Waals surface area contributed by atoms with E-state index in [1.807, 2.05) is 0 Å². The summed E-state index contributed by atoms with van der Waals surface area (Å²) in [5.41, 5.74) is 1.27. The van der Waals surface area contributed by atoms with Crippen molar-refractivity contribution in [1.82, 2.24) is 5.32 Å². The monoisotopic (exact) mass is 249 g/mol. The smallest absolute Gasteiger partial charge is 0.0980 e. The fraction of sp³-hybridized carbons (Fsp3) is 0.625. The quantitative estimate of drug-likeness (QED) is 0.757. The summed E-state index contributed by atoms with van der Waals surface area (Å²) in [4.78, 5) is 0. The average molecular weight is 249 g/mol. The highest BCUT2D eigenvalue weighted by Gasteiger charge is 2.26. The first-order chi connectivity index (χ1) is 8.74. The predicted octanol–water partition coefficient (Wildman–Crippen LogP) is 3.79. The molecule has 0 heterocycles. The van der Waals surface area contributed by atoms with Crippen molar-refractivity contribution in [1.29, 1.82) is 0 Å². The maximum Gasteiger partial charge on any atom is 0.0980 e. The van der Waals surface area contributed by atoms with E-state index in [0.29, 0.717) is 12.0 Å². The summed E-state index contributed by atoms with van der Waals surface area (Å²) in [5, 5.41) is 3.59. The van der Waals surface area contributed by atoms with Crippen LogP contribution in [0.2, 0.25) is 0 Å². The first-order valence-corrected chi connectivity index (χ1v) is 7.14. The Labute approximate surface area is 112 Å². The molecule has 3 unspecified atom stereocenters. The molecule has 0 aliphatic carbocycles. The molecule has 0 saturated heterocycles. The van der Waals surface area contributed by atoms with E-state index in [4.69, 9.17) is 4.74 Å². The van der Waals surface area contributed by atoms with Crippen LogP contribution in [0.5, 0.6) is 0 Å². The Morgan fingerprint density at radius 2 is 1.78 bits per heavy atom. The normalized spacial score (nSPS) is 16.2. The van der Waals surface area contributed by atoms with E-state index in [2.05, 4.69) is 63.3 Å². The first kappa shape index (κ1) is 15.2. The first-order valence-electron chi connectivity index (χ1n) is 7.14. The van der Waals surface area contributed by atoms with E-state index < -0.39 is 0 Å². The lowest BCUT2D eigenvalue weighted by Crippen LogP contribution is -2.41. The second-order valence-electron chi connectivity index (χ2n) is 4.76. The minimum atomic E-state index is 0.145. The van der Waals surface area contributed by atoms with Crippen molar-refractivity contribution < 1.29 is 4.74 Å². The van der Waals surface area contributed by atoms with Gasteiger partial charge in [0.1, 0.15) is 0 Å². The Kier molecular flexibility index (Phi) is 6.99. The largest absolute Gasteiger partial charge is 0.372 e. The summed E-state index contributed by atoms with van der Waals surface area (Å²) >= 11 is 0. The number of hydrogen-bond donors (Lipinski definition) is 1. The lowest BCUT2D eigenvalue weighted by atomic mass is 9.90. The topological polar surface area (TPSA) is 21.3 Å². The Hall–Kier alpha value is -0.860. The van der Waals surface area contributed by atoms with Gasteiger partial charge in [-0.3, -0.25) is 0 Å². The number of benzene rings is 1. The van der Waals surface area contributed by atoms with Crippen molar-refractivity contribution >= 4 is 0 Å². The summed E-state index contributed by atoms with van der Waals surface area (Å²) in [5.74, 6) is 0.599. The molecule has 1 rings (SSSR count). The maximum atomic E-state index is 6.00. The number of rotatable bonds is 8. The Morgan fingerprint density at radius 3 is 2.28 bits per heavy atom. The van der Waals surface area contributed by atoms with Crippen molar-refractivity contribution in [3.05, 3.63) is 35.9 Å². The van der Waals surface area contributed by atoms with Crippen LogP contribution in [0.15, 0.2) is 30.3 Å². The van der Waals surface area contributed by atoms with Crippen LogP contribution in [-0.2, 0) is 4.74 Å². The van der Waals surface area contributed by atoms with Gasteiger partial charge in [0.25, 0.3) is 0 Å². The zero-order valence-corrected chi connectivity index (χ0v) is 12.1. The van der Waals surface area contributed by atoms with Gasteiger partial charge in [-0.25, -0.2) is 0 Å². The third-order valence-corrected chi connectivity index (χ3v) is 3.50. The highest BCUT2D eigenvalue weighted by atomic mass is 16.5. The molecule has 3 atom stereocenters. The van der Waals surface area contributed by atoms with E-state index in [0.717, 1.165) is 19.6 Å². The average Bonchev–Trinajstić information content (AvgIpc) is 2.43. The molecule has 0 amide bonds. The second kappa shape index (κ2) is 8.28. The van der Waals surface area contributed by atoms with Crippen LogP contribution in [0, 0.1) is 5.92 Å². The maximum absolute atomic E-state index is 6.00. The highest BCUT2D eigenvalue weighted by molar-refractivity contribution is 5.19. The van der Waals surface area contributed by atoms with Crippen LogP contribution < -0.4 is 5.32 Å². The molecule has 0 aliphatic heterocycles. The molecule has 102 valence electrons. The lowest BCUT2D eigenvalue weighted by Gasteiger charge is -2.32. The summed E-state index contributed by atoms with van der Waals surface area (Å²) in [6, 6.07) is 10.9. The van der Waals surface area contributed by atoms with Gasteiger partial charge in [0.15, 0.2) is 0 Å². The van der Waals surface area contributed by atoms with Crippen LogP contribution in [0.3, 0.4) is 0 Å². The molecule has 1 N–H and O–H groups in total. The van der Waals surface area contributed by atoms with Crippen molar-refractivity contribution in [3.63, 3.8) is 0 Å². The predicted molar refractivity (Wildman–Crippen MR) is 77.7 cm³/mol. The Bertz CT molecular complexity index is 312. The molecular formula is C16H27NO. The molecule has 0 bridgehead atoms. The molecule has 0 spiro atoms. The van der Waals surface area contributed by atoms with Crippen molar-refractivity contribution in [2.24, 2.45) is 5.92 Å². The van der Waals surface area contributed by atoms with Gasteiger partial charge in [0.2, 0.25) is 0 Å². The van der Waals surface area contributed by atoms with Gasteiger partial charge in [-0.05, 0) is 24.9 Å². The third kappa shape index (κ3) is 4.11. The number of nitrogens with one attached hydrogen (secondary N) is 1. The number of likely N-dealkylation sites (N-methyl/N-ethyl adjacent to an activating group) is 1. The molecule has 0 radical (unpaired) electrons. The van der Waals surface area contributed by atoms with Crippen LogP contribution in [0.4, 0.5) is 0 Å². The van der Waals surface area contributed by atoms with Crippen LogP contribution >= 0.6 is 0 Å². The van der Waals surface area contributed by atoms with E-state index in [1.54, 1.807) is 0 Å². The van der Waals surface area contributed by atoms with E-state index >= 15 is 0 Å². The molecular weight excluding hydrogens is 222 g/mol. The molecule has 0 aliphatic rings. The van der Waals surface area contributed by atoms with E-state index in [1.165, 1.54) is 5.56 Å². The van der Waals surface area contributed by atoms with Gasteiger partial charge in [-0.1, -0.05) is 57.5 Å². The Balaban J connectivity index is 2.92. The van der Waals surface area contributed by atoms with Crippen molar-refractivity contribution in [2.75, 3.05) is 13.2 Å². The molecule has 0 fully saturated rings. The fourth-order valence-corrected chi connectivity index (χ4v) is 2.33. The molecule has 18 heavy (non-hydrogen) atoms. The molecule has 1 aromatic rings. The van der Waals surface area contributed by atoms with Crippen molar-refractivity contribution in [2.45, 2.75) is 46.3 Å². The van der Waals surface area contributed by atoms with Gasteiger partial charge in [0, 0.05) is 12.6 Å². The summed E-state index contributed by atoms with van der Waals surface area (Å²) < 4.78 is 6.00. The minimum Gasteiger partial charge on any atom is -0.372 e. The zero-order chi connectivity index (χ0) is 13.4. The van der Waals surface area contributed by atoms with Crippen LogP contribution in [0.1, 0.15) is 45.8 Å². The number of hydrogen-bond acceptors (Lipinski definition) is 2. The molecule has 2 heteroatoms. The van der Waals surface area contributed by atoms with Gasteiger partial charge < -0.3 is 10.1 Å². The lowest BCUT2D eigenvalue weighted by molar-refractivity contribution is 0.0181. The van der Waals surface area contributed by atoms with Crippen molar-refractivity contribution in [3.8, 4) is 0 Å². The minimum absolute atomic E-state index is 0.145. The van der Waals surface area contributed by atoms with Crippen LogP contribution in [-0.4, -0.2) is 19.2 Å². The summed E-state index contributed by atoms with van der Waals surface area (Å²) in [6.45, 7) is 10.5. The second-order valence-corrected chi connectivity index (χ2v) is 4.76. The molecule has 2 nitrogen and oxygen atoms in total. The third-order valence-electron chi connectivity index (χ3n) is 3.50. The van der Waals surface area contributed by atoms with Crippen LogP contribution in [0.25, 0.3) is 0 Å². The molecule has 1 aromatic carbocycles. The molecule has 0 saturated carbocycles. The number of ether oxygens (including phenoxy) is 1. The van der Waals surface area contributed by atoms with Gasteiger partial charge in [0.05, 0.1) is 6.10 Å². The molecule has 0 aromatic heterocycles. The van der Waals surface area contributed by atoms with E-state index in [9.17, 15) is 0 Å². The summed E-state index contributed by atoms with van der Waals surface area (Å²) in [6.07, 6.45) is 1.31. The van der Waals surface area contributed by atoms with Gasteiger partial charge in [-0.15, -0.1) is 0 Å². The van der Waals surface area contributed by atoms with Gasteiger partial charge in [-0.2, -0.15) is 0 Å². The SMILES string of the molecule is CCNC(C(C)CC)C(OCC)c1ccccc1. The zero-order valence-electron chi connectivity index (χ0n) is 12.1. The standard InChI is InChI=1S/C16H27NO/c1-5-13(4)15(17-6-2)16(18-7-3)14-11-9-8-10-12-14/h8-13,15-17H,5-7H2,1-4H3. The van der Waals surface area contributed by atoms with E-state index in [-0.39, 0.29) is 6.10 Å². The summed E-state index contributed by atoms with van der Waals surface area (Å²) in [7, 11) is 0. The van der Waals surface area contributed by atoms with Gasteiger partial charge >= 0.3 is 0 Å². The fourth-order valence-electron chi connectivity index (χ4n) is 2.33.